The molecule has 24 heavy (non-hydrogen) atoms. The highest BCUT2D eigenvalue weighted by Gasteiger charge is 2.31. The summed E-state index contributed by atoms with van der Waals surface area (Å²) in [5.41, 5.74) is 0.697. The smallest absolute Gasteiger partial charge is 0.223 e. The van der Waals surface area contributed by atoms with Gasteiger partial charge in [-0.3, -0.25) is 4.90 Å². The van der Waals surface area contributed by atoms with Gasteiger partial charge in [0.1, 0.15) is 5.75 Å². The first kappa shape index (κ1) is 16.9. The van der Waals surface area contributed by atoms with Crippen molar-refractivity contribution in [3.05, 3.63) is 41.5 Å². The van der Waals surface area contributed by atoms with Crippen molar-refractivity contribution in [2.24, 2.45) is 0 Å². The van der Waals surface area contributed by atoms with Gasteiger partial charge in [0.25, 0.3) is 0 Å². The monoisotopic (exact) mass is 331 g/mol. The SMILES string of the molecule is Cc1nc(COc2ccc(CN(C)CC3(O)CCCC3)cc2)no1. The van der Waals surface area contributed by atoms with E-state index in [1.807, 2.05) is 24.3 Å². The third kappa shape index (κ3) is 4.55. The molecule has 0 atom stereocenters. The van der Waals surface area contributed by atoms with Crippen LogP contribution >= 0.6 is 0 Å². The minimum absolute atomic E-state index is 0.295. The van der Waals surface area contributed by atoms with Crippen LogP contribution in [0.25, 0.3) is 0 Å². The first-order chi connectivity index (χ1) is 11.5. The van der Waals surface area contributed by atoms with Crippen LogP contribution in [-0.4, -0.2) is 39.3 Å². The lowest BCUT2D eigenvalue weighted by molar-refractivity contribution is 0.0145. The maximum Gasteiger partial charge on any atom is 0.223 e. The lowest BCUT2D eigenvalue weighted by Crippen LogP contribution is -2.38. The molecule has 6 heteroatoms. The Morgan fingerprint density at radius 1 is 1.25 bits per heavy atom. The first-order valence-electron chi connectivity index (χ1n) is 8.44. The molecule has 0 amide bonds. The van der Waals surface area contributed by atoms with E-state index in [2.05, 4.69) is 22.1 Å². The topological polar surface area (TPSA) is 71.6 Å². The van der Waals surface area contributed by atoms with E-state index in [0.29, 0.717) is 18.3 Å². The fraction of sp³-hybridized carbons (Fsp3) is 0.556. The minimum atomic E-state index is -0.499. The third-order valence-corrected chi connectivity index (χ3v) is 4.41. The molecule has 1 aromatic carbocycles. The average Bonchev–Trinajstić information content (AvgIpc) is 3.15. The van der Waals surface area contributed by atoms with Gasteiger partial charge in [0.15, 0.2) is 6.61 Å². The first-order valence-corrected chi connectivity index (χ1v) is 8.44. The molecule has 0 saturated heterocycles. The number of likely N-dealkylation sites (N-methyl/N-ethyl adjacent to an activating group) is 1. The number of rotatable bonds is 7. The van der Waals surface area contributed by atoms with Crippen molar-refractivity contribution in [1.82, 2.24) is 15.0 Å². The van der Waals surface area contributed by atoms with Crippen LogP contribution in [0, 0.1) is 6.92 Å². The van der Waals surface area contributed by atoms with E-state index < -0.39 is 5.60 Å². The Morgan fingerprint density at radius 2 is 1.96 bits per heavy atom. The number of hydrogen-bond donors (Lipinski definition) is 1. The lowest BCUT2D eigenvalue weighted by atomic mass is 10.0. The summed E-state index contributed by atoms with van der Waals surface area (Å²) in [4.78, 5) is 6.29. The fourth-order valence-electron chi connectivity index (χ4n) is 3.30. The Morgan fingerprint density at radius 3 is 2.58 bits per heavy atom. The zero-order valence-corrected chi connectivity index (χ0v) is 14.4. The molecule has 1 saturated carbocycles. The van der Waals surface area contributed by atoms with Crippen molar-refractivity contribution < 1.29 is 14.4 Å². The lowest BCUT2D eigenvalue weighted by Gasteiger charge is -2.28. The van der Waals surface area contributed by atoms with E-state index in [0.717, 1.165) is 44.5 Å². The van der Waals surface area contributed by atoms with E-state index in [4.69, 9.17) is 9.26 Å². The number of hydrogen-bond acceptors (Lipinski definition) is 6. The van der Waals surface area contributed by atoms with Crippen LogP contribution in [0.15, 0.2) is 28.8 Å². The second-order valence-electron chi connectivity index (χ2n) is 6.77. The molecule has 0 bridgehead atoms. The minimum Gasteiger partial charge on any atom is -0.485 e. The quantitative estimate of drug-likeness (QED) is 0.841. The summed E-state index contributed by atoms with van der Waals surface area (Å²) < 4.78 is 10.6. The summed E-state index contributed by atoms with van der Waals surface area (Å²) in [6, 6.07) is 7.98. The molecule has 3 rings (SSSR count). The molecule has 0 radical (unpaired) electrons. The summed E-state index contributed by atoms with van der Waals surface area (Å²) in [5, 5.41) is 14.3. The number of aromatic nitrogens is 2. The molecule has 1 aromatic heterocycles. The molecule has 1 fully saturated rings. The highest BCUT2D eigenvalue weighted by molar-refractivity contribution is 5.27. The number of aliphatic hydroxyl groups is 1. The Labute approximate surface area is 142 Å². The van der Waals surface area contributed by atoms with Gasteiger partial charge in [-0.25, -0.2) is 0 Å². The Kier molecular flexibility index (Phi) is 5.16. The Bertz CT molecular complexity index is 648. The van der Waals surface area contributed by atoms with E-state index in [-0.39, 0.29) is 0 Å². The summed E-state index contributed by atoms with van der Waals surface area (Å²) in [6.45, 7) is 3.59. The molecular formula is C18H25N3O3. The molecule has 1 heterocycles. The molecule has 1 aliphatic carbocycles. The van der Waals surface area contributed by atoms with Gasteiger partial charge >= 0.3 is 0 Å². The number of benzene rings is 1. The maximum atomic E-state index is 10.5. The van der Waals surface area contributed by atoms with Gasteiger partial charge in [-0.15, -0.1) is 0 Å². The van der Waals surface area contributed by atoms with Crippen molar-refractivity contribution in [1.29, 1.82) is 0 Å². The van der Waals surface area contributed by atoms with Crippen molar-refractivity contribution in [2.45, 2.75) is 51.4 Å². The predicted octanol–water partition coefficient (Wildman–Crippen LogP) is 2.69. The molecule has 2 aromatic rings. The zero-order chi connectivity index (χ0) is 17.0. The van der Waals surface area contributed by atoms with Gasteiger partial charge in [0, 0.05) is 20.0 Å². The summed E-state index contributed by atoms with van der Waals surface area (Å²) in [5.74, 6) is 1.86. The summed E-state index contributed by atoms with van der Waals surface area (Å²) in [7, 11) is 2.05. The van der Waals surface area contributed by atoms with Gasteiger partial charge < -0.3 is 14.4 Å². The molecule has 130 valence electrons. The van der Waals surface area contributed by atoms with Crippen molar-refractivity contribution in [3.8, 4) is 5.75 Å². The summed E-state index contributed by atoms with van der Waals surface area (Å²) >= 11 is 0. The van der Waals surface area contributed by atoms with Crippen molar-refractivity contribution in [2.75, 3.05) is 13.6 Å². The summed E-state index contributed by atoms with van der Waals surface area (Å²) in [6.07, 6.45) is 4.10. The van der Waals surface area contributed by atoms with Crippen molar-refractivity contribution in [3.63, 3.8) is 0 Å². The van der Waals surface area contributed by atoms with Crippen LogP contribution in [-0.2, 0) is 13.2 Å². The number of ether oxygens (including phenoxy) is 1. The van der Waals surface area contributed by atoms with Gasteiger partial charge in [-0.05, 0) is 37.6 Å². The normalized spacial score (nSPS) is 16.7. The van der Waals surface area contributed by atoms with E-state index in [9.17, 15) is 5.11 Å². The maximum absolute atomic E-state index is 10.5. The highest BCUT2D eigenvalue weighted by Crippen LogP contribution is 2.30. The average molecular weight is 331 g/mol. The third-order valence-electron chi connectivity index (χ3n) is 4.41. The molecule has 1 aliphatic rings. The van der Waals surface area contributed by atoms with E-state index in [1.54, 1.807) is 6.92 Å². The van der Waals surface area contributed by atoms with Crippen LogP contribution in [0.2, 0.25) is 0 Å². The molecular weight excluding hydrogens is 306 g/mol. The molecule has 1 N–H and O–H groups in total. The van der Waals surface area contributed by atoms with Gasteiger partial charge in [-0.1, -0.05) is 30.1 Å². The highest BCUT2D eigenvalue weighted by atomic mass is 16.5. The fourth-order valence-corrected chi connectivity index (χ4v) is 3.30. The Hall–Kier alpha value is -1.92. The second-order valence-corrected chi connectivity index (χ2v) is 6.77. The Balaban J connectivity index is 1.48. The van der Waals surface area contributed by atoms with Crippen LogP contribution in [0.1, 0.15) is 43.0 Å². The van der Waals surface area contributed by atoms with Crippen LogP contribution in [0.4, 0.5) is 0 Å². The van der Waals surface area contributed by atoms with Crippen molar-refractivity contribution >= 4 is 0 Å². The van der Waals surface area contributed by atoms with Crippen LogP contribution < -0.4 is 4.74 Å². The second kappa shape index (κ2) is 7.32. The zero-order valence-electron chi connectivity index (χ0n) is 14.4. The van der Waals surface area contributed by atoms with E-state index >= 15 is 0 Å². The molecule has 6 nitrogen and oxygen atoms in total. The molecule has 0 aliphatic heterocycles. The standard InChI is InChI=1S/C18H25N3O3/c1-14-19-17(20-24-14)12-23-16-7-5-15(6-8-16)11-21(2)13-18(22)9-3-4-10-18/h5-8,22H,3-4,9-13H2,1-2H3. The van der Waals surface area contributed by atoms with Crippen LogP contribution in [0.5, 0.6) is 5.75 Å². The predicted molar refractivity (Wildman–Crippen MR) is 89.6 cm³/mol. The number of nitrogens with zero attached hydrogens (tertiary/aromatic N) is 3. The van der Waals surface area contributed by atoms with E-state index in [1.165, 1.54) is 5.56 Å². The van der Waals surface area contributed by atoms with Gasteiger partial charge in [0.05, 0.1) is 5.60 Å². The molecule has 0 spiro atoms. The van der Waals surface area contributed by atoms with Gasteiger partial charge in [-0.2, -0.15) is 4.98 Å². The number of aryl methyl sites for hydroxylation is 1. The van der Waals surface area contributed by atoms with Crippen LogP contribution in [0.3, 0.4) is 0 Å². The largest absolute Gasteiger partial charge is 0.485 e. The molecule has 0 unspecified atom stereocenters. The van der Waals surface area contributed by atoms with Gasteiger partial charge in [0.2, 0.25) is 11.7 Å².